The van der Waals surface area contributed by atoms with Crippen LogP contribution in [0.25, 0.3) is 0 Å². The maximum absolute atomic E-state index is 12.5. The molecule has 25 heavy (non-hydrogen) atoms. The number of benzene rings is 1. The monoisotopic (exact) mass is 345 g/mol. The molecule has 2 rings (SSSR count). The molecular formula is C18H23N3O4. The van der Waals surface area contributed by atoms with Crippen LogP contribution in [0.1, 0.15) is 26.3 Å². The Morgan fingerprint density at radius 3 is 2.16 bits per heavy atom. The molecule has 0 aromatic heterocycles. The maximum atomic E-state index is 12.5. The highest BCUT2D eigenvalue weighted by molar-refractivity contribution is 6.20. The number of ether oxygens (including phenoxy) is 2. The molecule has 134 valence electrons. The SMILES string of the molecule is CCOC(=O)C(C(=O)OCC)C1C(C)=NN(C)N=C1c1ccccc1. The molecule has 0 bridgehead atoms. The van der Waals surface area contributed by atoms with Crippen molar-refractivity contribution in [3.63, 3.8) is 0 Å². The number of nitrogens with zero attached hydrogens (tertiary/aromatic N) is 3. The summed E-state index contributed by atoms with van der Waals surface area (Å²) in [7, 11) is 1.70. The average molecular weight is 345 g/mol. The highest BCUT2D eigenvalue weighted by Gasteiger charge is 2.44. The predicted octanol–water partition coefficient (Wildman–Crippen LogP) is 2.07. The third-order valence-electron chi connectivity index (χ3n) is 3.78. The average Bonchev–Trinajstić information content (AvgIpc) is 2.58. The molecule has 1 aromatic carbocycles. The minimum atomic E-state index is -1.14. The summed E-state index contributed by atoms with van der Waals surface area (Å²) in [6.07, 6.45) is 0. The normalized spacial score (nSPS) is 17.0. The molecule has 0 fully saturated rings. The van der Waals surface area contributed by atoms with Gasteiger partial charge in [-0.2, -0.15) is 15.3 Å². The van der Waals surface area contributed by atoms with Crippen molar-refractivity contribution in [3.05, 3.63) is 35.9 Å². The number of hydrazone groups is 2. The van der Waals surface area contributed by atoms with Gasteiger partial charge < -0.3 is 9.47 Å². The summed E-state index contributed by atoms with van der Waals surface area (Å²) in [6.45, 7) is 5.51. The summed E-state index contributed by atoms with van der Waals surface area (Å²) in [4.78, 5) is 25.0. The van der Waals surface area contributed by atoms with Crippen molar-refractivity contribution in [1.82, 2.24) is 5.12 Å². The van der Waals surface area contributed by atoms with Gasteiger partial charge in [-0.3, -0.25) is 9.59 Å². The summed E-state index contributed by atoms with van der Waals surface area (Å²) in [6, 6.07) is 9.40. The lowest BCUT2D eigenvalue weighted by atomic mass is 9.81. The quantitative estimate of drug-likeness (QED) is 0.582. The first-order valence-corrected chi connectivity index (χ1v) is 8.25. The molecule has 1 atom stereocenters. The number of esters is 2. The fourth-order valence-electron chi connectivity index (χ4n) is 2.81. The van der Waals surface area contributed by atoms with Crippen molar-refractivity contribution in [2.45, 2.75) is 20.8 Å². The molecule has 0 amide bonds. The summed E-state index contributed by atoms with van der Waals surface area (Å²) < 4.78 is 10.2. The maximum Gasteiger partial charge on any atom is 0.321 e. The van der Waals surface area contributed by atoms with Gasteiger partial charge >= 0.3 is 11.9 Å². The summed E-state index contributed by atoms with van der Waals surface area (Å²) in [5, 5.41) is 10.2. The first-order valence-electron chi connectivity index (χ1n) is 8.25. The van der Waals surface area contributed by atoms with Gasteiger partial charge in [-0.1, -0.05) is 30.3 Å². The van der Waals surface area contributed by atoms with Gasteiger partial charge in [-0.15, -0.1) is 0 Å². The van der Waals surface area contributed by atoms with Crippen LogP contribution in [-0.4, -0.2) is 48.7 Å². The van der Waals surface area contributed by atoms with Crippen LogP contribution >= 0.6 is 0 Å². The van der Waals surface area contributed by atoms with Crippen LogP contribution in [0.4, 0.5) is 0 Å². The Morgan fingerprint density at radius 1 is 1.08 bits per heavy atom. The third kappa shape index (κ3) is 4.23. The smallest absolute Gasteiger partial charge is 0.321 e. The molecule has 0 N–H and O–H groups in total. The van der Waals surface area contributed by atoms with Crippen LogP contribution in [0, 0.1) is 11.8 Å². The molecule has 1 aliphatic rings. The Labute approximate surface area is 147 Å². The zero-order valence-corrected chi connectivity index (χ0v) is 14.9. The van der Waals surface area contributed by atoms with Gasteiger partial charge in [0.15, 0.2) is 5.92 Å². The Hall–Kier alpha value is -2.70. The Bertz CT molecular complexity index is 667. The van der Waals surface area contributed by atoms with Crippen molar-refractivity contribution >= 4 is 23.4 Å². The zero-order valence-electron chi connectivity index (χ0n) is 14.9. The number of rotatable bonds is 6. The lowest BCUT2D eigenvalue weighted by molar-refractivity contribution is -0.162. The second kappa shape index (κ2) is 8.41. The fourth-order valence-corrected chi connectivity index (χ4v) is 2.81. The van der Waals surface area contributed by atoms with Gasteiger partial charge in [-0.25, -0.2) is 0 Å². The van der Waals surface area contributed by atoms with E-state index in [0.717, 1.165) is 5.56 Å². The largest absolute Gasteiger partial charge is 0.465 e. The van der Waals surface area contributed by atoms with Crippen LogP contribution in [0.2, 0.25) is 0 Å². The standard InChI is InChI=1S/C18H23N3O4/c1-5-24-17(22)15(18(23)25-6-2)14-12(3)19-21(4)20-16(14)13-10-8-7-9-11-13/h7-11,14-15H,5-6H2,1-4H3. The molecule has 0 saturated carbocycles. The van der Waals surface area contributed by atoms with E-state index >= 15 is 0 Å². The van der Waals surface area contributed by atoms with E-state index in [9.17, 15) is 9.59 Å². The van der Waals surface area contributed by atoms with E-state index in [-0.39, 0.29) is 13.2 Å². The summed E-state index contributed by atoms with van der Waals surface area (Å²) in [5.41, 5.74) is 2.00. The van der Waals surface area contributed by atoms with Gasteiger partial charge in [0.2, 0.25) is 0 Å². The molecular weight excluding hydrogens is 322 g/mol. The lowest BCUT2D eigenvalue weighted by Gasteiger charge is -2.30. The van der Waals surface area contributed by atoms with Crippen LogP contribution < -0.4 is 0 Å². The van der Waals surface area contributed by atoms with E-state index in [2.05, 4.69) is 10.2 Å². The molecule has 7 heteroatoms. The first-order chi connectivity index (χ1) is 12.0. The molecule has 1 aliphatic heterocycles. The van der Waals surface area contributed by atoms with Crippen molar-refractivity contribution in [2.75, 3.05) is 20.3 Å². The molecule has 1 aromatic rings. The number of carbonyl (C=O) groups is 2. The van der Waals surface area contributed by atoms with Gasteiger partial charge in [0.25, 0.3) is 0 Å². The van der Waals surface area contributed by atoms with E-state index in [0.29, 0.717) is 11.4 Å². The lowest BCUT2D eigenvalue weighted by Crippen LogP contribution is -2.44. The predicted molar refractivity (Wildman–Crippen MR) is 94.1 cm³/mol. The van der Waals surface area contributed by atoms with Crippen molar-refractivity contribution < 1.29 is 19.1 Å². The highest BCUT2D eigenvalue weighted by Crippen LogP contribution is 2.27. The van der Waals surface area contributed by atoms with Crippen molar-refractivity contribution in [1.29, 1.82) is 0 Å². The molecule has 0 radical (unpaired) electrons. The molecule has 0 aliphatic carbocycles. The van der Waals surface area contributed by atoms with Crippen LogP contribution in [0.15, 0.2) is 40.5 Å². The van der Waals surface area contributed by atoms with Gasteiger partial charge in [0.05, 0.1) is 24.8 Å². The van der Waals surface area contributed by atoms with E-state index in [1.165, 1.54) is 5.12 Å². The van der Waals surface area contributed by atoms with Crippen LogP contribution in [-0.2, 0) is 19.1 Å². The fraction of sp³-hybridized carbons (Fsp3) is 0.444. The minimum Gasteiger partial charge on any atom is -0.465 e. The summed E-state index contributed by atoms with van der Waals surface area (Å²) in [5.74, 6) is -3.05. The molecule has 0 spiro atoms. The van der Waals surface area contributed by atoms with Crippen molar-refractivity contribution in [2.24, 2.45) is 22.0 Å². The topological polar surface area (TPSA) is 80.6 Å². The molecule has 1 heterocycles. The number of carbonyl (C=O) groups excluding carboxylic acids is 2. The van der Waals surface area contributed by atoms with E-state index in [4.69, 9.17) is 9.47 Å². The van der Waals surface area contributed by atoms with Gasteiger partial charge in [-0.05, 0) is 26.3 Å². The molecule has 7 nitrogen and oxygen atoms in total. The Kier molecular flexibility index (Phi) is 6.27. The number of hydrogen-bond donors (Lipinski definition) is 0. The zero-order chi connectivity index (χ0) is 18.4. The van der Waals surface area contributed by atoms with Gasteiger partial charge in [0, 0.05) is 12.8 Å². The second-order valence-corrected chi connectivity index (χ2v) is 5.54. The third-order valence-corrected chi connectivity index (χ3v) is 3.78. The Balaban J connectivity index is 2.50. The van der Waals surface area contributed by atoms with Gasteiger partial charge in [0.1, 0.15) is 0 Å². The van der Waals surface area contributed by atoms with E-state index in [1.807, 2.05) is 30.3 Å². The highest BCUT2D eigenvalue weighted by atomic mass is 16.6. The minimum absolute atomic E-state index is 0.176. The van der Waals surface area contributed by atoms with Crippen LogP contribution in [0.3, 0.4) is 0 Å². The summed E-state index contributed by atoms with van der Waals surface area (Å²) >= 11 is 0. The van der Waals surface area contributed by atoms with Crippen LogP contribution in [0.5, 0.6) is 0 Å². The van der Waals surface area contributed by atoms with E-state index < -0.39 is 23.8 Å². The Morgan fingerprint density at radius 2 is 1.64 bits per heavy atom. The first kappa shape index (κ1) is 18.6. The van der Waals surface area contributed by atoms with Crippen molar-refractivity contribution in [3.8, 4) is 0 Å². The molecule has 1 unspecified atom stereocenters. The number of hydrogen-bond acceptors (Lipinski definition) is 7. The second-order valence-electron chi connectivity index (χ2n) is 5.54. The van der Waals surface area contributed by atoms with E-state index in [1.54, 1.807) is 27.8 Å². The molecule has 0 saturated heterocycles.